The lowest BCUT2D eigenvalue weighted by atomic mass is 9.87. The Morgan fingerprint density at radius 1 is 0.525 bits per heavy atom. The van der Waals surface area contributed by atoms with Gasteiger partial charge in [0.15, 0.2) is 35.4 Å². The maximum Gasteiger partial charge on any atom is 0.274 e. The molecule has 0 radical (unpaired) electrons. The lowest BCUT2D eigenvalue weighted by molar-refractivity contribution is -0.348. The Labute approximate surface area is 685 Å². The van der Waals surface area contributed by atoms with Crippen LogP contribution in [0.4, 0.5) is 11.6 Å². The van der Waals surface area contributed by atoms with Crippen LogP contribution in [0.25, 0.3) is 22.3 Å². The number of aromatic nitrogens is 8. The number of hydrogen-bond acceptors (Lipinski definition) is 42. The average Bonchev–Trinajstić information content (AvgIpc) is 1.63. The number of unbranched alkanes of at least 4 members (excludes halogenated alkanes) is 2. The van der Waals surface area contributed by atoms with Gasteiger partial charge in [0, 0.05) is 75.5 Å². The number of ketones is 2. The molecule has 6 heterocycles. The van der Waals surface area contributed by atoms with Crippen molar-refractivity contribution in [3.8, 4) is 0 Å². The van der Waals surface area contributed by atoms with Gasteiger partial charge in [-0.3, -0.25) is 56.2 Å². The molecule has 120 heavy (non-hydrogen) atoms. The van der Waals surface area contributed by atoms with Crippen LogP contribution in [0.1, 0.15) is 154 Å². The summed E-state index contributed by atoms with van der Waals surface area (Å²) >= 11 is 0. The van der Waals surface area contributed by atoms with Crippen molar-refractivity contribution in [1.29, 1.82) is 0 Å². The summed E-state index contributed by atoms with van der Waals surface area (Å²) < 4.78 is 123. The van der Waals surface area contributed by atoms with E-state index in [0.29, 0.717) is 12.8 Å². The van der Waals surface area contributed by atoms with Crippen LogP contribution in [0.2, 0.25) is 0 Å². The van der Waals surface area contributed by atoms with Crippen molar-refractivity contribution in [2.75, 3.05) is 64.1 Å². The molecule has 4 fully saturated rings. The van der Waals surface area contributed by atoms with Crippen molar-refractivity contribution in [1.82, 2.24) is 60.3 Å². The first-order chi connectivity index (χ1) is 56.0. The van der Waals surface area contributed by atoms with Crippen LogP contribution in [0.3, 0.4) is 0 Å². The van der Waals surface area contributed by atoms with E-state index in [0.717, 1.165) is 111 Å². The van der Waals surface area contributed by atoms with Gasteiger partial charge < -0.3 is 138 Å². The molecule has 9 rings (SSSR count). The van der Waals surface area contributed by atoms with E-state index in [9.17, 15) is 116 Å². The summed E-state index contributed by atoms with van der Waals surface area (Å²) in [6.07, 6.45) is -4.29. The maximum absolute atomic E-state index is 13.1. The van der Waals surface area contributed by atoms with Gasteiger partial charge in [-0.25, -0.2) is 38.5 Å². The van der Waals surface area contributed by atoms with E-state index < -0.39 is 169 Å². The number of phosphoric ester groups is 6. The zero-order valence-electron chi connectivity index (χ0n) is 65.2. The van der Waals surface area contributed by atoms with Gasteiger partial charge in [0.05, 0.1) is 54.7 Å². The summed E-state index contributed by atoms with van der Waals surface area (Å²) in [7, 11) is -35.6. The van der Waals surface area contributed by atoms with Crippen LogP contribution in [0, 0.1) is 21.7 Å². The number of nitrogens with one attached hydrogen (secondary N) is 4. The number of hydrogen-bond donors (Lipinski definition) is 10. The average molecular weight is 1810 g/mol. The number of aryl methyl sites for hydroxylation is 2. The normalized spacial score (nSPS) is 22.9. The lowest BCUT2D eigenvalue weighted by Crippen LogP contribution is -2.46. The van der Waals surface area contributed by atoms with Crippen LogP contribution in [0.15, 0.2) is 49.6 Å². The van der Waals surface area contributed by atoms with Crippen LogP contribution >= 0.6 is 46.9 Å². The highest BCUT2D eigenvalue weighted by atomic mass is 31.3. The topological polar surface area (TPSA) is 750 Å². The van der Waals surface area contributed by atoms with Crippen LogP contribution in [0.5, 0.6) is 0 Å². The fourth-order valence-electron chi connectivity index (χ4n) is 13.6. The molecule has 14 unspecified atom stereocenters. The molecule has 1 aromatic carbocycles. The number of ether oxygens (including phenoxy) is 2. The number of rotatable bonds is 52. The van der Waals surface area contributed by atoms with Crippen molar-refractivity contribution in [2.45, 2.75) is 205 Å². The van der Waals surface area contributed by atoms with Gasteiger partial charge in [-0.05, 0) is 86.2 Å². The van der Waals surface area contributed by atoms with Crippen LogP contribution < -0.4 is 71.9 Å². The molecule has 2 saturated heterocycles. The summed E-state index contributed by atoms with van der Waals surface area (Å²) in [4.78, 5) is 198. The molecule has 2 aliphatic heterocycles. The largest absolute Gasteiger partial charge is 0.790 e. The third-order valence-corrected chi connectivity index (χ3v) is 26.6. The van der Waals surface area contributed by atoms with E-state index >= 15 is 0 Å². The second-order valence-corrected chi connectivity index (χ2v) is 39.2. The highest BCUT2D eigenvalue weighted by molar-refractivity contribution is 7.60. The zero-order valence-corrected chi connectivity index (χ0v) is 70.6. The number of imidazole rings is 2. The van der Waals surface area contributed by atoms with Gasteiger partial charge >= 0.3 is 0 Å². The fourth-order valence-corrected chi connectivity index (χ4v) is 19.1. The van der Waals surface area contributed by atoms with E-state index in [4.69, 9.17) is 20.9 Å². The number of fused-ring (bicyclic) bond motifs is 2. The molecule has 48 nitrogen and oxygen atoms in total. The van der Waals surface area contributed by atoms with Crippen molar-refractivity contribution in [2.24, 2.45) is 21.7 Å². The number of aliphatic hydroxyl groups excluding tert-OH is 4. The monoisotopic (exact) mass is 1810 g/mol. The first kappa shape index (κ1) is 97.4. The first-order valence-electron chi connectivity index (χ1n) is 37.7. The number of Topliss-reactive ketones (excluding diaryl/α,β-unsaturated/α-hetero) is 2. The van der Waals surface area contributed by atoms with Gasteiger partial charge in [0.1, 0.15) is 84.1 Å². The third-order valence-electron chi connectivity index (χ3n) is 20.5. The van der Waals surface area contributed by atoms with Crippen LogP contribution in [-0.2, 0) is 114 Å². The molecule has 670 valence electrons. The molecule has 54 heteroatoms. The Morgan fingerprint density at radius 2 is 0.875 bits per heavy atom. The summed E-state index contributed by atoms with van der Waals surface area (Å²) in [5.41, 5.74) is 10.3. The van der Waals surface area contributed by atoms with Gasteiger partial charge in [0.25, 0.3) is 31.3 Å². The number of aliphatic hydroxyl groups is 4. The Hall–Kier alpha value is -6.36. The van der Waals surface area contributed by atoms with E-state index in [1.54, 1.807) is 0 Å². The summed E-state index contributed by atoms with van der Waals surface area (Å²) in [5, 5.41) is 53.3. The number of nitrogen functional groups attached to an aromatic ring is 2. The number of amides is 4. The maximum atomic E-state index is 13.1. The molecule has 12 N–H and O–H groups in total. The predicted molar refractivity (Wildman–Crippen MR) is 395 cm³/mol. The Kier molecular flexibility index (Phi) is 33.1. The number of nitrogens with zero attached hydrogens (tertiary/aromatic N) is 8. The van der Waals surface area contributed by atoms with Gasteiger partial charge in [-0.2, -0.15) is 0 Å². The van der Waals surface area contributed by atoms with E-state index in [-0.39, 0.29) is 108 Å². The van der Waals surface area contributed by atoms with E-state index in [1.807, 2.05) is 12.1 Å². The highest BCUT2D eigenvalue weighted by Crippen LogP contribution is 2.59. The number of carbonyl (C=O) groups excluding carboxylic acids is 6. The van der Waals surface area contributed by atoms with Gasteiger partial charge in [-0.15, -0.1) is 0 Å². The molecule has 4 amide bonds. The standard InChI is InChI=1S/C66H102N14O34P6/c1-63(2,33-107-119(101,102)113-117(97,98)105-31-43-51(111-115(91,92)93)49(85)61(109-43)79-37-77-47-55(67)73-35-75-57(47)79)53(87)59(89)71-27-17-45(83)69-25-15-41(81)29-65(21-22-65)19-9-7-13-39-11-5-6-12-40(39)14-8-10-20-66(23-24-66)30-42(82)16-26-70-46(84)18-28-72-60(90)54(88)64(3,4)34-108-120(103,104)114-118(99,100)106-32-44-52(112-116(94,95)96)50(86)62(110-44)80-38-78-48-56(68)74-36-76-58(48)80/h5-6,11-12,35-38,43-44,49-54,61-62,85-88H,7-10,13-34H2,1-4H3,(H,69,83)(H,70,84)(H,71,89)(H,72,90)(H,97,98)(H,99,100)(H,101,102)(H,103,104)(H2,67,73,75)(H2,68,74,76)(H2,91,92,93)(H2,94,95,96)/p-8. The minimum Gasteiger partial charge on any atom is -0.790 e. The number of benzene rings is 1. The molecular weight excluding hydrogens is 1720 g/mol. The number of phosphoric acid groups is 6. The highest BCUT2D eigenvalue weighted by Gasteiger charge is 2.50. The van der Waals surface area contributed by atoms with E-state index in [1.165, 1.54) is 38.8 Å². The fraction of sp³-hybridized carbons (Fsp3) is 0.667. The second kappa shape index (κ2) is 40.7. The van der Waals surface area contributed by atoms with E-state index in [2.05, 4.69) is 99.1 Å². The molecule has 4 aromatic heterocycles. The summed E-state index contributed by atoms with van der Waals surface area (Å²) in [5.74, 6) is -3.41. The van der Waals surface area contributed by atoms with Crippen molar-refractivity contribution in [3.63, 3.8) is 0 Å². The number of nitrogens with two attached hydrogens (primary N) is 2. The molecule has 14 atom stereocenters. The summed E-state index contributed by atoms with van der Waals surface area (Å²) in [6, 6.07) is 8.24. The van der Waals surface area contributed by atoms with Gasteiger partial charge in [0.2, 0.25) is 23.6 Å². The molecule has 2 aliphatic carbocycles. The second-order valence-electron chi connectivity index (χ2n) is 31.1. The Morgan fingerprint density at radius 3 is 1.23 bits per heavy atom. The minimum absolute atomic E-state index is 0.0173. The molecule has 2 saturated carbocycles. The summed E-state index contributed by atoms with van der Waals surface area (Å²) in [6.45, 7) is -0.507. The smallest absolute Gasteiger partial charge is 0.274 e. The number of carbonyl (C=O) groups is 6. The quantitative estimate of drug-likeness (QED) is 0.0138. The molecule has 0 bridgehead atoms. The van der Waals surface area contributed by atoms with Crippen LogP contribution in [-0.4, -0.2) is 196 Å². The van der Waals surface area contributed by atoms with Crippen molar-refractivity contribution in [3.05, 3.63) is 60.7 Å². The first-order valence-corrected chi connectivity index (χ1v) is 46.5. The Bertz CT molecular complexity index is 4470. The predicted octanol–water partition coefficient (Wildman–Crippen LogP) is -2.85. The minimum atomic E-state index is -5.99. The molecular formula is C66H94N14O34P6-8. The number of anilines is 2. The SMILES string of the molecule is CC(C)(COP(=O)([O-])OP(=O)([O-])OCC1OC(n2cnc3c(N)ncnc32)C(O)C1OP(=O)([O-])[O-])C(O)C(=O)NCCC(=O)NCCC(=O)CC1(CCCCc2ccccc2CCCCC2(CC(=O)CCNC(=O)CCNC(=O)C(O)C(C)(C)COP(=O)([O-])OP(=O)([O-])OCC3OC(n4cnc5c(N)ncnc54)C(O)C3OP(=O)([O-])[O-])CC2)CC1. The zero-order chi connectivity index (χ0) is 88.2. The molecule has 5 aromatic rings. The van der Waals surface area contributed by atoms with Crippen molar-refractivity contribution >= 4 is 116 Å². The Balaban J connectivity index is 0.583. The lowest BCUT2D eigenvalue weighted by Gasteiger charge is -2.36. The van der Waals surface area contributed by atoms with Crippen molar-refractivity contribution < 1.29 is 161 Å². The molecule has 0 spiro atoms. The third kappa shape index (κ3) is 28.6. The molecule has 4 aliphatic rings. The van der Waals surface area contributed by atoms with Gasteiger partial charge in [-0.1, -0.05) is 64.8 Å².